The number of nitrogens with two attached hydrogens (primary N) is 1. The first-order valence-corrected chi connectivity index (χ1v) is 5.41. The Labute approximate surface area is 92.2 Å². The number of aliphatic hydroxyl groups excluding tert-OH is 1. The van der Waals surface area contributed by atoms with Gasteiger partial charge < -0.3 is 10.8 Å². The number of hydrogen-bond acceptors (Lipinski definition) is 3. The zero-order valence-electron chi connectivity index (χ0n) is 8.61. The van der Waals surface area contributed by atoms with Gasteiger partial charge in [-0.05, 0) is 36.7 Å². The number of aromatic nitrogens is 2. The summed E-state index contributed by atoms with van der Waals surface area (Å²) in [5, 5.41) is 14.1. The van der Waals surface area contributed by atoms with E-state index >= 15 is 0 Å². The molecule has 0 saturated heterocycles. The first-order valence-electron chi connectivity index (χ1n) is 4.61. The third-order valence-electron chi connectivity index (χ3n) is 2.05. The van der Waals surface area contributed by atoms with Crippen molar-refractivity contribution >= 4 is 15.9 Å². The molecule has 1 heterocycles. The normalized spacial score (nSPS) is 15.9. The molecule has 0 saturated carbocycles. The summed E-state index contributed by atoms with van der Waals surface area (Å²) in [5.41, 5.74) is 6.40. The van der Waals surface area contributed by atoms with E-state index in [2.05, 4.69) is 21.0 Å². The Hall–Kier alpha value is -0.390. The van der Waals surface area contributed by atoms with E-state index in [-0.39, 0.29) is 12.1 Å². The molecule has 0 fully saturated rings. The quantitative estimate of drug-likeness (QED) is 0.869. The van der Waals surface area contributed by atoms with Crippen LogP contribution in [0.2, 0.25) is 0 Å². The third-order valence-corrected chi connectivity index (χ3v) is 2.67. The Morgan fingerprint density at radius 2 is 2.07 bits per heavy atom. The molecular formula is C9H16BrN3O. The van der Waals surface area contributed by atoms with Crippen molar-refractivity contribution in [1.29, 1.82) is 0 Å². The van der Waals surface area contributed by atoms with Gasteiger partial charge in [0.05, 0.1) is 16.4 Å². The number of halogens is 1. The molecule has 4 nitrogen and oxygen atoms in total. The lowest BCUT2D eigenvalue weighted by molar-refractivity contribution is 0.140. The number of rotatable bonds is 3. The highest BCUT2D eigenvalue weighted by Crippen LogP contribution is 2.27. The maximum atomic E-state index is 9.88. The van der Waals surface area contributed by atoms with Crippen LogP contribution in [-0.4, -0.2) is 20.9 Å². The van der Waals surface area contributed by atoms with Crippen LogP contribution < -0.4 is 5.73 Å². The number of nitrogens with zero attached hydrogens (tertiary/aromatic N) is 2. The van der Waals surface area contributed by atoms with E-state index in [4.69, 9.17) is 5.73 Å². The molecule has 0 bridgehead atoms. The van der Waals surface area contributed by atoms with Crippen LogP contribution in [0.15, 0.2) is 10.7 Å². The first-order chi connectivity index (χ1) is 6.45. The third kappa shape index (κ3) is 2.16. The Morgan fingerprint density at radius 1 is 1.50 bits per heavy atom. The van der Waals surface area contributed by atoms with Crippen molar-refractivity contribution in [2.24, 2.45) is 5.73 Å². The van der Waals surface area contributed by atoms with Crippen molar-refractivity contribution in [3.63, 3.8) is 0 Å². The van der Waals surface area contributed by atoms with Crippen LogP contribution in [0.25, 0.3) is 0 Å². The van der Waals surface area contributed by atoms with Crippen LogP contribution in [-0.2, 0) is 0 Å². The minimum Gasteiger partial charge on any atom is -0.385 e. The van der Waals surface area contributed by atoms with E-state index in [1.54, 1.807) is 17.8 Å². The molecule has 1 aromatic rings. The lowest BCUT2D eigenvalue weighted by atomic mass is 10.1. The van der Waals surface area contributed by atoms with Crippen molar-refractivity contribution in [2.75, 3.05) is 0 Å². The van der Waals surface area contributed by atoms with Gasteiger partial charge in [0.2, 0.25) is 0 Å². The van der Waals surface area contributed by atoms with Crippen LogP contribution in [0.3, 0.4) is 0 Å². The zero-order valence-corrected chi connectivity index (χ0v) is 10.2. The van der Waals surface area contributed by atoms with Gasteiger partial charge in [0.1, 0.15) is 6.10 Å². The minimum atomic E-state index is -0.686. The van der Waals surface area contributed by atoms with Gasteiger partial charge in [0.15, 0.2) is 0 Å². The molecule has 1 aromatic heterocycles. The van der Waals surface area contributed by atoms with Crippen LogP contribution in [0.4, 0.5) is 0 Å². The molecule has 5 heteroatoms. The number of hydrogen-bond donors (Lipinski definition) is 2. The molecule has 1 rings (SSSR count). The van der Waals surface area contributed by atoms with Crippen molar-refractivity contribution < 1.29 is 5.11 Å². The van der Waals surface area contributed by atoms with Crippen molar-refractivity contribution in [2.45, 2.75) is 39.0 Å². The Kier molecular flexibility index (Phi) is 3.69. The van der Waals surface area contributed by atoms with Gasteiger partial charge in [-0.3, -0.25) is 4.68 Å². The van der Waals surface area contributed by atoms with Gasteiger partial charge in [-0.2, -0.15) is 5.10 Å². The molecule has 80 valence electrons. The first kappa shape index (κ1) is 11.7. The molecule has 14 heavy (non-hydrogen) atoms. The van der Waals surface area contributed by atoms with Gasteiger partial charge in [0.25, 0.3) is 0 Å². The van der Waals surface area contributed by atoms with Gasteiger partial charge in [0, 0.05) is 12.1 Å². The molecule has 0 aliphatic rings. The van der Waals surface area contributed by atoms with Crippen LogP contribution >= 0.6 is 15.9 Å². The monoisotopic (exact) mass is 261 g/mol. The van der Waals surface area contributed by atoms with Gasteiger partial charge in [-0.1, -0.05) is 0 Å². The van der Waals surface area contributed by atoms with Gasteiger partial charge in [-0.15, -0.1) is 0 Å². The summed E-state index contributed by atoms with van der Waals surface area (Å²) in [7, 11) is 0. The molecule has 0 spiro atoms. The standard InChI is InChI=1S/C9H16BrN3O/c1-5(2)13-8(7(10)4-12-13)9(14)6(3)11/h4-6,9,14H,11H2,1-3H3. The maximum Gasteiger partial charge on any atom is 0.112 e. The Morgan fingerprint density at radius 3 is 2.50 bits per heavy atom. The molecule has 0 aliphatic heterocycles. The molecule has 0 aliphatic carbocycles. The van der Waals surface area contributed by atoms with Crippen molar-refractivity contribution in [3.05, 3.63) is 16.4 Å². The second-order valence-electron chi connectivity index (χ2n) is 3.72. The van der Waals surface area contributed by atoms with Crippen LogP contribution in [0.5, 0.6) is 0 Å². The van der Waals surface area contributed by atoms with E-state index in [1.165, 1.54) is 0 Å². The summed E-state index contributed by atoms with van der Waals surface area (Å²) < 4.78 is 2.58. The molecular weight excluding hydrogens is 246 g/mol. The second kappa shape index (κ2) is 4.42. The second-order valence-corrected chi connectivity index (χ2v) is 4.57. The molecule has 2 unspecified atom stereocenters. The highest BCUT2D eigenvalue weighted by atomic mass is 79.9. The molecule has 2 atom stereocenters. The van der Waals surface area contributed by atoms with Gasteiger partial charge in [-0.25, -0.2) is 0 Å². The van der Waals surface area contributed by atoms with E-state index < -0.39 is 6.10 Å². The smallest absolute Gasteiger partial charge is 0.112 e. The lowest BCUT2D eigenvalue weighted by Gasteiger charge is -2.19. The minimum absolute atomic E-state index is 0.213. The maximum absolute atomic E-state index is 9.88. The average Bonchev–Trinajstić information content (AvgIpc) is 2.45. The average molecular weight is 262 g/mol. The predicted octanol–water partition coefficient (Wildman–Crippen LogP) is 1.61. The SMILES string of the molecule is CC(N)C(O)c1c(Br)cnn1C(C)C. The van der Waals surface area contributed by atoms with Crippen molar-refractivity contribution in [3.8, 4) is 0 Å². The molecule has 3 N–H and O–H groups in total. The summed E-state index contributed by atoms with van der Waals surface area (Å²) >= 11 is 3.36. The highest BCUT2D eigenvalue weighted by molar-refractivity contribution is 9.10. The predicted molar refractivity (Wildman–Crippen MR) is 58.9 cm³/mol. The molecule has 0 amide bonds. The van der Waals surface area contributed by atoms with Crippen LogP contribution in [0, 0.1) is 0 Å². The van der Waals surface area contributed by atoms with E-state index in [0.717, 1.165) is 10.2 Å². The van der Waals surface area contributed by atoms with Crippen LogP contribution in [0.1, 0.15) is 38.6 Å². The van der Waals surface area contributed by atoms with E-state index in [9.17, 15) is 5.11 Å². The fraction of sp³-hybridized carbons (Fsp3) is 0.667. The largest absolute Gasteiger partial charge is 0.385 e. The highest BCUT2D eigenvalue weighted by Gasteiger charge is 2.21. The number of aliphatic hydroxyl groups is 1. The summed E-state index contributed by atoms with van der Waals surface area (Å²) in [6.07, 6.45) is 0.996. The molecule has 0 radical (unpaired) electrons. The lowest BCUT2D eigenvalue weighted by Crippen LogP contribution is -2.27. The Bertz CT molecular complexity index is 309. The Balaban J connectivity index is 3.10. The van der Waals surface area contributed by atoms with E-state index in [0.29, 0.717) is 0 Å². The summed E-state index contributed by atoms with van der Waals surface area (Å²) in [6, 6.07) is -0.0924. The summed E-state index contributed by atoms with van der Waals surface area (Å²) in [4.78, 5) is 0. The summed E-state index contributed by atoms with van der Waals surface area (Å²) in [6.45, 7) is 5.79. The fourth-order valence-electron chi connectivity index (χ4n) is 1.29. The topological polar surface area (TPSA) is 64.1 Å². The van der Waals surface area contributed by atoms with Gasteiger partial charge >= 0.3 is 0 Å². The summed E-state index contributed by atoms with van der Waals surface area (Å²) in [5.74, 6) is 0. The van der Waals surface area contributed by atoms with Crippen molar-refractivity contribution in [1.82, 2.24) is 9.78 Å². The molecule has 0 aromatic carbocycles. The zero-order chi connectivity index (χ0) is 10.9. The van der Waals surface area contributed by atoms with E-state index in [1.807, 2.05) is 13.8 Å². The fourth-order valence-corrected chi connectivity index (χ4v) is 1.80.